The molecular weight excluding hydrogens is 298 g/mol. The lowest BCUT2D eigenvalue weighted by Gasteiger charge is -2.26. The summed E-state index contributed by atoms with van der Waals surface area (Å²) >= 11 is 0. The summed E-state index contributed by atoms with van der Waals surface area (Å²) in [5.74, 6) is -1.28. The number of carbonyl (C=O) groups excluding carboxylic acids is 1. The van der Waals surface area contributed by atoms with E-state index >= 15 is 0 Å². The van der Waals surface area contributed by atoms with Gasteiger partial charge in [0.2, 0.25) is 0 Å². The zero-order valence-corrected chi connectivity index (χ0v) is 14.1. The lowest BCUT2D eigenvalue weighted by Crippen LogP contribution is -2.46. The van der Waals surface area contributed by atoms with Gasteiger partial charge in [0.1, 0.15) is 5.82 Å². The highest BCUT2D eigenvalue weighted by Gasteiger charge is 2.33. The summed E-state index contributed by atoms with van der Waals surface area (Å²) in [4.78, 5) is 12.2. The van der Waals surface area contributed by atoms with Gasteiger partial charge >= 0.3 is 7.12 Å². The molecule has 0 saturated heterocycles. The number of halogens is 1. The minimum Gasteiger partial charge on any atom is -0.423 e. The van der Waals surface area contributed by atoms with Crippen LogP contribution < -0.4 is 16.3 Å². The molecule has 1 atom stereocenters. The van der Waals surface area contributed by atoms with Crippen molar-refractivity contribution in [2.75, 3.05) is 0 Å². The Morgan fingerprint density at radius 3 is 2.78 bits per heavy atom. The summed E-state index contributed by atoms with van der Waals surface area (Å²) in [6, 6.07) is 3.12. The second kappa shape index (κ2) is 6.99. The predicted octanol–water partition coefficient (Wildman–Crippen LogP) is 1.49. The summed E-state index contributed by atoms with van der Waals surface area (Å²) in [5, 5.41) is 9.64. The number of hydrogen-bond donors (Lipinski definition) is 3. The largest absolute Gasteiger partial charge is 0.494 e. The van der Waals surface area contributed by atoms with Crippen molar-refractivity contribution in [1.29, 1.82) is 0 Å². The van der Waals surface area contributed by atoms with Crippen LogP contribution in [0.2, 0.25) is 0 Å². The Labute approximate surface area is 136 Å². The van der Waals surface area contributed by atoms with Gasteiger partial charge in [-0.1, -0.05) is 33.8 Å². The Hall–Kier alpha value is -1.44. The van der Waals surface area contributed by atoms with Crippen LogP contribution in [0.4, 0.5) is 4.39 Å². The molecule has 126 valence electrons. The average Bonchev–Trinajstić information content (AvgIpc) is 2.84. The molecule has 0 saturated carbocycles. The van der Waals surface area contributed by atoms with Gasteiger partial charge in [-0.15, -0.1) is 0 Å². The second-order valence-electron chi connectivity index (χ2n) is 7.13. The summed E-state index contributed by atoms with van der Waals surface area (Å²) in [7, 11) is -1.31. The third-order valence-corrected chi connectivity index (χ3v) is 3.90. The summed E-state index contributed by atoms with van der Waals surface area (Å²) in [6.07, 6.45) is 1.72. The third kappa shape index (κ3) is 4.31. The minimum absolute atomic E-state index is 0.0550. The van der Waals surface area contributed by atoms with Crippen LogP contribution in [0.25, 0.3) is 0 Å². The fraction of sp³-hybridized carbons (Fsp3) is 0.562. The van der Waals surface area contributed by atoms with Gasteiger partial charge in [0.05, 0.1) is 12.2 Å². The Bertz CT molecular complexity index is 589. The van der Waals surface area contributed by atoms with E-state index in [1.165, 1.54) is 6.07 Å². The van der Waals surface area contributed by atoms with Crippen molar-refractivity contribution in [3.8, 4) is 0 Å². The fourth-order valence-corrected chi connectivity index (χ4v) is 2.72. The molecule has 1 aliphatic heterocycles. The van der Waals surface area contributed by atoms with E-state index in [9.17, 15) is 14.2 Å². The monoisotopic (exact) mass is 322 g/mol. The van der Waals surface area contributed by atoms with Gasteiger partial charge in [-0.2, -0.15) is 0 Å². The van der Waals surface area contributed by atoms with Crippen molar-refractivity contribution in [2.24, 2.45) is 5.41 Å². The first-order valence-electron chi connectivity index (χ1n) is 7.89. The first-order chi connectivity index (χ1) is 10.7. The van der Waals surface area contributed by atoms with Gasteiger partial charge < -0.3 is 9.68 Å². The Morgan fingerprint density at radius 2 is 2.17 bits per heavy atom. The summed E-state index contributed by atoms with van der Waals surface area (Å²) < 4.78 is 19.4. The minimum atomic E-state index is -1.31. The molecule has 1 heterocycles. The van der Waals surface area contributed by atoms with Crippen LogP contribution in [-0.2, 0) is 11.3 Å². The summed E-state index contributed by atoms with van der Waals surface area (Å²) in [6.45, 7) is 8.55. The molecule has 1 amide bonds. The van der Waals surface area contributed by atoms with Crippen LogP contribution in [0.1, 0.15) is 56.5 Å². The quantitative estimate of drug-likeness (QED) is 0.567. The van der Waals surface area contributed by atoms with E-state index < -0.39 is 18.8 Å². The van der Waals surface area contributed by atoms with Gasteiger partial charge in [-0.3, -0.25) is 10.2 Å². The van der Waals surface area contributed by atoms with Crippen LogP contribution in [0.3, 0.4) is 0 Å². The SMILES string of the molecule is CC[C@H](CC(C)(C)C)NNC(=O)c1ccc2c(c1F)B(O)OC2. The van der Waals surface area contributed by atoms with Gasteiger partial charge in [-0.25, -0.2) is 9.82 Å². The Kier molecular flexibility index (Phi) is 5.44. The molecule has 0 aliphatic carbocycles. The molecular formula is C16H24BFN2O3. The van der Waals surface area contributed by atoms with Crippen molar-refractivity contribution >= 4 is 18.5 Å². The topological polar surface area (TPSA) is 70.6 Å². The molecule has 0 aromatic heterocycles. The van der Waals surface area contributed by atoms with Crippen molar-refractivity contribution < 1.29 is 18.9 Å². The predicted molar refractivity (Wildman–Crippen MR) is 87.5 cm³/mol. The lowest BCUT2D eigenvalue weighted by molar-refractivity contribution is 0.0914. The maximum absolute atomic E-state index is 14.4. The standard InChI is InChI=1S/C16H24BFN2O3/c1-5-11(8-16(2,3)4)19-20-15(21)12-7-6-10-9-23-17(22)13(10)14(12)18/h6-7,11,19,22H,5,8-9H2,1-4H3,(H,20,21)/t11-/m1/s1. The van der Waals surface area contributed by atoms with Crippen molar-refractivity contribution in [2.45, 2.75) is 53.2 Å². The molecule has 0 fully saturated rings. The fourth-order valence-electron chi connectivity index (χ4n) is 2.72. The molecule has 5 nitrogen and oxygen atoms in total. The molecule has 1 aliphatic rings. The van der Waals surface area contributed by atoms with Crippen molar-refractivity contribution in [3.05, 3.63) is 29.1 Å². The van der Waals surface area contributed by atoms with Crippen LogP contribution in [-0.4, -0.2) is 24.1 Å². The highest BCUT2D eigenvalue weighted by Crippen LogP contribution is 2.21. The molecule has 23 heavy (non-hydrogen) atoms. The van der Waals surface area contributed by atoms with Gasteiger partial charge in [0.15, 0.2) is 0 Å². The number of nitrogens with one attached hydrogen (secondary N) is 2. The number of amides is 1. The van der Waals surface area contributed by atoms with E-state index in [4.69, 9.17) is 4.65 Å². The van der Waals surface area contributed by atoms with E-state index in [1.54, 1.807) is 6.07 Å². The lowest BCUT2D eigenvalue weighted by atomic mass is 9.78. The van der Waals surface area contributed by atoms with E-state index in [0.717, 1.165) is 12.8 Å². The van der Waals surface area contributed by atoms with Gasteiger partial charge in [-0.05, 0) is 29.9 Å². The molecule has 0 bridgehead atoms. The highest BCUT2D eigenvalue weighted by atomic mass is 19.1. The Balaban J connectivity index is 2.06. The number of hydrogen-bond acceptors (Lipinski definition) is 4. The van der Waals surface area contributed by atoms with Crippen molar-refractivity contribution in [1.82, 2.24) is 10.9 Å². The number of fused-ring (bicyclic) bond motifs is 1. The van der Waals surface area contributed by atoms with Gasteiger partial charge in [0, 0.05) is 11.5 Å². The van der Waals surface area contributed by atoms with Crippen LogP contribution in [0, 0.1) is 11.2 Å². The van der Waals surface area contributed by atoms with Gasteiger partial charge in [0.25, 0.3) is 5.91 Å². The van der Waals surface area contributed by atoms with E-state index in [-0.39, 0.29) is 29.1 Å². The first kappa shape index (κ1) is 17.9. The highest BCUT2D eigenvalue weighted by molar-refractivity contribution is 6.61. The van der Waals surface area contributed by atoms with E-state index in [2.05, 4.69) is 31.6 Å². The third-order valence-electron chi connectivity index (χ3n) is 3.90. The molecule has 1 aromatic rings. The molecule has 0 spiro atoms. The maximum atomic E-state index is 14.4. The number of rotatable bonds is 5. The van der Waals surface area contributed by atoms with E-state index in [0.29, 0.717) is 5.56 Å². The molecule has 2 rings (SSSR count). The normalized spacial score (nSPS) is 15.5. The van der Waals surface area contributed by atoms with Crippen LogP contribution >= 0.6 is 0 Å². The number of carbonyl (C=O) groups is 1. The zero-order chi connectivity index (χ0) is 17.2. The van der Waals surface area contributed by atoms with Crippen LogP contribution in [0.15, 0.2) is 12.1 Å². The van der Waals surface area contributed by atoms with Crippen molar-refractivity contribution in [3.63, 3.8) is 0 Å². The number of hydrazine groups is 1. The van der Waals surface area contributed by atoms with E-state index in [1.807, 2.05) is 6.92 Å². The molecule has 1 aromatic carbocycles. The maximum Gasteiger partial charge on any atom is 0.494 e. The zero-order valence-electron chi connectivity index (χ0n) is 14.1. The van der Waals surface area contributed by atoms with Crippen LogP contribution in [0.5, 0.6) is 0 Å². The smallest absolute Gasteiger partial charge is 0.423 e. The molecule has 0 radical (unpaired) electrons. The first-order valence-corrected chi connectivity index (χ1v) is 7.89. The average molecular weight is 322 g/mol. The number of benzene rings is 1. The Morgan fingerprint density at radius 1 is 1.48 bits per heavy atom. The summed E-state index contributed by atoms with van der Waals surface area (Å²) in [5.41, 5.74) is 6.18. The molecule has 7 heteroatoms. The second-order valence-corrected chi connectivity index (χ2v) is 7.13. The molecule has 0 unspecified atom stereocenters. The molecule has 3 N–H and O–H groups in total.